The molecule has 0 bridgehead atoms. The van der Waals surface area contributed by atoms with E-state index in [1.54, 1.807) is 0 Å². The van der Waals surface area contributed by atoms with E-state index < -0.39 is 5.41 Å². The molecule has 3 aliphatic carbocycles. The van der Waals surface area contributed by atoms with Crippen molar-refractivity contribution in [3.63, 3.8) is 0 Å². The highest BCUT2D eigenvalue weighted by Crippen LogP contribution is 2.63. The number of benzene rings is 5. The van der Waals surface area contributed by atoms with Gasteiger partial charge in [-0.2, -0.15) is 0 Å². The third-order valence-electron chi connectivity index (χ3n) is 9.23. The minimum Gasteiger partial charge on any atom is -0.289 e. The second-order valence-electron chi connectivity index (χ2n) is 11.6. The molecule has 2 nitrogen and oxygen atoms in total. The third-order valence-corrected chi connectivity index (χ3v) is 9.23. The number of hydrogen-bond acceptors (Lipinski definition) is 2. The lowest BCUT2D eigenvalue weighted by atomic mass is 9.70. The van der Waals surface area contributed by atoms with Gasteiger partial charge in [0.05, 0.1) is 5.41 Å². The molecule has 0 heterocycles. The lowest BCUT2D eigenvalue weighted by Gasteiger charge is -2.31. The minimum absolute atomic E-state index is 0.00481. The van der Waals surface area contributed by atoms with E-state index in [-0.39, 0.29) is 11.6 Å². The highest BCUT2D eigenvalue weighted by molar-refractivity contribution is 6.12. The van der Waals surface area contributed by atoms with Crippen LogP contribution < -0.4 is 0 Å². The van der Waals surface area contributed by atoms with Gasteiger partial charge in [0, 0.05) is 22.3 Å². The Morgan fingerprint density at radius 1 is 0.571 bits per heavy atom. The van der Waals surface area contributed by atoms with Gasteiger partial charge in [0.1, 0.15) is 0 Å². The van der Waals surface area contributed by atoms with Gasteiger partial charge in [-0.25, -0.2) is 0 Å². The zero-order valence-corrected chi connectivity index (χ0v) is 23.3. The summed E-state index contributed by atoms with van der Waals surface area (Å²) in [4.78, 5) is 27.5. The van der Waals surface area contributed by atoms with Gasteiger partial charge in [-0.15, -0.1) is 0 Å². The maximum Gasteiger partial charge on any atom is 0.193 e. The van der Waals surface area contributed by atoms with Crippen LogP contribution in [-0.4, -0.2) is 11.6 Å². The van der Waals surface area contributed by atoms with Gasteiger partial charge in [-0.1, -0.05) is 128 Å². The zero-order chi connectivity index (χ0) is 28.4. The molecule has 2 heteroatoms. The monoisotopic (exact) mass is 540 g/mol. The van der Waals surface area contributed by atoms with E-state index >= 15 is 0 Å². The molecule has 0 aromatic heterocycles. The van der Waals surface area contributed by atoms with Crippen LogP contribution in [0.5, 0.6) is 0 Å². The van der Waals surface area contributed by atoms with Crippen LogP contribution in [0.3, 0.4) is 0 Å². The smallest absolute Gasteiger partial charge is 0.193 e. The van der Waals surface area contributed by atoms with E-state index in [1.807, 2.05) is 48.5 Å². The van der Waals surface area contributed by atoms with E-state index in [2.05, 4.69) is 91.9 Å². The first kappa shape index (κ1) is 24.7. The topological polar surface area (TPSA) is 34.1 Å². The summed E-state index contributed by atoms with van der Waals surface area (Å²) in [5.41, 5.74) is 11.3. The summed E-state index contributed by atoms with van der Waals surface area (Å²) >= 11 is 0. The Labute approximate surface area is 245 Å². The van der Waals surface area contributed by atoms with Crippen LogP contribution in [0.25, 0.3) is 22.3 Å². The molecule has 200 valence electrons. The fourth-order valence-corrected chi connectivity index (χ4v) is 7.24. The molecule has 8 rings (SSSR count). The Bertz CT molecular complexity index is 2000. The molecule has 42 heavy (non-hydrogen) atoms. The summed E-state index contributed by atoms with van der Waals surface area (Å²) in [7, 11) is 0. The number of ketones is 2. The van der Waals surface area contributed by atoms with Crippen molar-refractivity contribution in [2.24, 2.45) is 5.92 Å². The third kappa shape index (κ3) is 3.39. The predicted molar refractivity (Wildman–Crippen MR) is 168 cm³/mol. The Morgan fingerprint density at radius 2 is 1.10 bits per heavy atom. The SMILES string of the molecule is CC1C=CC(C(=O)c2ccc3c(c2)C2(c4ccccc4-3)c3ccccc3-c3ccc(C(=O)c4ccccc4)cc32)=CC1. The molecule has 5 aromatic carbocycles. The van der Waals surface area contributed by atoms with Crippen molar-refractivity contribution in [2.45, 2.75) is 18.8 Å². The summed E-state index contributed by atoms with van der Waals surface area (Å²) in [5, 5.41) is 0. The molecule has 0 amide bonds. The fourth-order valence-electron chi connectivity index (χ4n) is 7.24. The zero-order valence-electron chi connectivity index (χ0n) is 23.3. The van der Waals surface area contributed by atoms with E-state index in [1.165, 1.54) is 16.7 Å². The van der Waals surface area contributed by atoms with Crippen molar-refractivity contribution in [1.82, 2.24) is 0 Å². The number of hydrogen-bond donors (Lipinski definition) is 0. The summed E-state index contributed by atoms with van der Waals surface area (Å²) in [6.07, 6.45) is 7.02. The first-order valence-electron chi connectivity index (χ1n) is 14.6. The average Bonchev–Trinajstić information content (AvgIpc) is 3.51. The lowest BCUT2D eigenvalue weighted by molar-refractivity contribution is 0.103. The Balaban J connectivity index is 1.39. The number of carbonyl (C=O) groups excluding carboxylic acids is 2. The molecular weight excluding hydrogens is 512 g/mol. The van der Waals surface area contributed by atoms with E-state index in [9.17, 15) is 9.59 Å². The maximum atomic E-state index is 13.8. The molecule has 1 spiro atoms. The second kappa shape index (κ2) is 9.22. The van der Waals surface area contributed by atoms with Crippen molar-refractivity contribution < 1.29 is 9.59 Å². The van der Waals surface area contributed by atoms with E-state index in [0.717, 1.165) is 39.8 Å². The standard InChI is InChI=1S/C40H28O2/c1-25-15-17-27(18-16-25)39(42)29-20-22-33-31-12-6-8-14-35(31)40(37(33)24-29)34-13-7-5-11-30(34)32-21-19-28(23-36(32)40)38(41)26-9-3-2-4-10-26/h2-15,17-25H,16H2,1H3. The highest BCUT2D eigenvalue weighted by atomic mass is 16.1. The van der Waals surface area contributed by atoms with Crippen LogP contribution >= 0.6 is 0 Å². The number of rotatable bonds is 4. The van der Waals surface area contributed by atoms with Crippen molar-refractivity contribution in [2.75, 3.05) is 0 Å². The average molecular weight is 541 g/mol. The summed E-state index contributed by atoms with van der Waals surface area (Å²) in [5.74, 6) is 0.496. The van der Waals surface area contributed by atoms with Gasteiger partial charge >= 0.3 is 0 Å². The van der Waals surface area contributed by atoms with Gasteiger partial charge in [-0.3, -0.25) is 9.59 Å². The van der Waals surface area contributed by atoms with Crippen molar-refractivity contribution >= 4 is 11.6 Å². The second-order valence-corrected chi connectivity index (χ2v) is 11.6. The molecule has 3 aliphatic rings. The lowest BCUT2D eigenvalue weighted by Crippen LogP contribution is -2.26. The quantitative estimate of drug-likeness (QED) is 0.209. The number of fused-ring (bicyclic) bond motifs is 10. The largest absolute Gasteiger partial charge is 0.289 e. The molecule has 0 aliphatic heterocycles. The maximum absolute atomic E-state index is 13.8. The van der Waals surface area contributed by atoms with Crippen LogP contribution in [0.2, 0.25) is 0 Å². The van der Waals surface area contributed by atoms with E-state index in [4.69, 9.17) is 0 Å². The van der Waals surface area contributed by atoms with E-state index in [0.29, 0.717) is 22.6 Å². The van der Waals surface area contributed by atoms with Gasteiger partial charge in [0.15, 0.2) is 11.6 Å². The Hall–Kier alpha value is -5.08. The van der Waals surface area contributed by atoms with Crippen LogP contribution in [0, 0.1) is 5.92 Å². The molecular formula is C40H28O2. The summed E-state index contributed by atoms with van der Waals surface area (Å²) in [6.45, 7) is 2.16. The number of Topliss-reactive ketones (excluding diaryl/α,β-unsaturated/α-hetero) is 1. The van der Waals surface area contributed by atoms with Gasteiger partial charge in [0.2, 0.25) is 0 Å². The molecule has 0 saturated heterocycles. The minimum atomic E-state index is -0.633. The van der Waals surface area contributed by atoms with Crippen molar-refractivity contribution in [3.8, 4) is 22.3 Å². The Kier molecular flexibility index (Phi) is 5.42. The van der Waals surface area contributed by atoms with Gasteiger partial charge in [0.25, 0.3) is 0 Å². The first-order chi connectivity index (χ1) is 20.6. The Morgan fingerprint density at radius 3 is 1.67 bits per heavy atom. The summed E-state index contributed by atoms with van der Waals surface area (Å²) < 4.78 is 0. The summed E-state index contributed by atoms with van der Waals surface area (Å²) in [6, 6.07) is 38.9. The molecule has 0 N–H and O–H groups in total. The van der Waals surface area contributed by atoms with Crippen LogP contribution in [0.4, 0.5) is 0 Å². The van der Waals surface area contributed by atoms with Gasteiger partial charge in [-0.05, 0) is 69.0 Å². The molecule has 5 aromatic rings. The number of allylic oxidation sites excluding steroid dienone is 4. The number of carbonyl (C=O) groups is 2. The molecule has 0 radical (unpaired) electrons. The molecule has 0 fully saturated rings. The van der Waals surface area contributed by atoms with Crippen LogP contribution in [0.1, 0.15) is 61.9 Å². The molecule has 2 atom stereocenters. The van der Waals surface area contributed by atoms with Crippen molar-refractivity contribution in [3.05, 3.63) is 178 Å². The van der Waals surface area contributed by atoms with Gasteiger partial charge < -0.3 is 0 Å². The predicted octanol–water partition coefficient (Wildman–Crippen LogP) is 8.97. The molecule has 2 unspecified atom stereocenters. The van der Waals surface area contributed by atoms with Crippen LogP contribution in [0.15, 0.2) is 139 Å². The van der Waals surface area contributed by atoms with Crippen LogP contribution in [-0.2, 0) is 5.41 Å². The normalized spacial score (nSPS) is 19.1. The first-order valence-corrected chi connectivity index (χ1v) is 14.6. The fraction of sp³-hybridized carbons (Fsp3) is 0.100. The van der Waals surface area contributed by atoms with Crippen molar-refractivity contribution in [1.29, 1.82) is 0 Å². The molecule has 0 saturated carbocycles. The highest BCUT2D eigenvalue weighted by Gasteiger charge is 2.52.